The summed E-state index contributed by atoms with van der Waals surface area (Å²) in [5.41, 5.74) is 2.86. The van der Waals surface area contributed by atoms with Gasteiger partial charge in [0.15, 0.2) is 0 Å². The molecule has 1 aromatic carbocycles. The highest BCUT2D eigenvalue weighted by Crippen LogP contribution is 2.26. The van der Waals surface area contributed by atoms with Crippen LogP contribution in [-0.2, 0) is 11.3 Å². The van der Waals surface area contributed by atoms with Gasteiger partial charge < -0.3 is 14.8 Å². The third kappa shape index (κ3) is 4.50. The van der Waals surface area contributed by atoms with E-state index >= 15 is 0 Å². The fourth-order valence-corrected chi connectivity index (χ4v) is 4.61. The fraction of sp³-hybridized carbons (Fsp3) is 0.409. The third-order valence-electron chi connectivity index (χ3n) is 5.80. The Morgan fingerprint density at radius 1 is 1.21 bits per heavy atom. The van der Waals surface area contributed by atoms with Gasteiger partial charge in [0.25, 0.3) is 5.91 Å². The topological polar surface area (TPSA) is 67.2 Å². The number of carbonyl (C=O) groups is 2. The Balaban J connectivity index is 1.25. The Labute approximate surface area is 174 Å². The van der Waals surface area contributed by atoms with Gasteiger partial charge in [0.2, 0.25) is 5.91 Å². The molecule has 1 aliphatic carbocycles. The molecular formula is C22H26N4O2S. The molecule has 0 unspecified atom stereocenters. The van der Waals surface area contributed by atoms with Crippen molar-refractivity contribution in [3.8, 4) is 0 Å². The summed E-state index contributed by atoms with van der Waals surface area (Å²) in [5.74, 6) is 0.213. The van der Waals surface area contributed by atoms with Gasteiger partial charge in [-0.1, -0.05) is 18.2 Å². The molecule has 0 bridgehead atoms. The zero-order valence-corrected chi connectivity index (χ0v) is 17.4. The average molecular weight is 411 g/mol. The molecule has 6 nitrogen and oxygen atoms in total. The highest BCUT2D eigenvalue weighted by atomic mass is 32.1. The molecule has 0 saturated heterocycles. The van der Waals surface area contributed by atoms with Crippen LogP contribution in [0, 0.1) is 5.92 Å². The van der Waals surface area contributed by atoms with Crippen molar-refractivity contribution in [1.82, 2.24) is 19.8 Å². The summed E-state index contributed by atoms with van der Waals surface area (Å²) in [5, 5.41) is 4.30. The lowest BCUT2D eigenvalue weighted by Crippen LogP contribution is -2.41. The standard InChI is InChI=1S/C22H26N4O2S/c1-25(12-13-26-11-10-16-4-2-3-5-19(16)26)22(28)17-6-8-18(9-7-17)24-21(27)20-14-23-15-29-20/h2-5,10-11,14-15,17-18H,6-9,12-13H2,1H3,(H,24,27). The maximum atomic E-state index is 12.9. The molecule has 2 aromatic heterocycles. The van der Waals surface area contributed by atoms with Crippen LogP contribution < -0.4 is 5.32 Å². The van der Waals surface area contributed by atoms with Crippen molar-refractivity contribution < 1.29 is 9.59 Å². The van der Waals surface area contributed by atoms with Gasteiger partial charge in [0.1, 0.15) is 4.88 Å². The highest BCUT2D eigenvalue weighted by molar-refractivity contribution is 7.11. The molecule has 0 atom stereocenters. The number of fused-ring (bicyclic) bond motifs is 1. The minimum atomic E-state index is -0.0571. The summed E-state index contributed by atoms with van der Waals surface area (Å²) >= 11 is 1.35. The van der Waals surface area contributed by atoms with Crippen molar-refractivity contribution in [3.05, 3.63) is 53.1 Å². The first-order valence-electron chi connectivity index (χ1n) is 10.1. The normalized spacial score (nSPS) is 19.2. The number of nitrogens with one attached hydrogen (secondary N) is 1. The number of para-hydroxylation sites is 1. The van der Waals surface area contributed by atoms with E-state index in [4.69, 9.17) is 0 Å². The lowest BCUT2D eigenvalue weighted by atomic mass is 9.85. The van der Waals surface area contributed by atoms with Crippen LogP contribution in [-0.4, -0.2) is 45.9 Å². The van der Waals surface area contributed by atoms with Gasteiger partial charge in [-0.05, 0) is 43.2 Å². The van der Waals surface area contributed by atoms with Crippen LogP contribution in [0.4, 0.5) is 0 Å². The zero-order chi connectivity index (χ0) is 20.2. The maximum absolute atomic E-state index is 12.9. The predicted molar refractivity (Wildman–Crippen MR) is 115 cm³/mol. The summed E-state index contributed by atoms with van der Waals surface area (Å²) in [6, 6.07) is 10.5. The van der Waals surface area contributed by atoms with Crippen molar-refractivity contribution in [2.24, 2.45) is 5.92 Å². The summed E-state index contributed by atoms with van der Waals surface area (Å²) in [4.78, 5) is 31.5. The average Bonchev–Trinajstić information content (AvgIpc) is 3.42. The maximum Gasteiger partial charge on any atom is 0.263 e. The van der Waals surface area contributed by atoms with E-state index in [1.807, 2.05) is 24.1 Å². The number of rotatable bonds is 6. The van der Waals surface area contributed by atoms with Crippen LogP contribution in [0.15, 0.2) is 48.2 Å². The zero-order valence-electron chi connectivity index (χ0n) is 16.6. The summed E-state index contributed by atoms with van der Waals surface area (Å²) in [6.07, 6.45) is 7.01. The second-order valence-electron chi connectivity index (χ2n) is 7.72. The molecule has 2 heterocycles. The van der Waals surface area contributed by atoms with Gasteiger partial charge in [0.05, 0.1) is 11.7 Å². The summed E-state index contributed by atoms with van der Waals surface area (Å²) in [7, 11) is 1.89. The first-order chi connectivity index (χ1) is 14.1. The predicted octanol–water partition coefficient (Wildman–Crippen LogP) is 3.55. The van der Waals surface area contributed by atoms with Gasteiger partial charge in [-0.2, -0.15) is 0 Å². The molecule has 152 valence electrons. The number of aromatic nitrogens is 2. The van der Waals surface area contributed by atoms with E-state index in [0.717, 1.165) is 32.2 Å². The number of amides is 2. The molecule has 4 rings (SSSR count). The van der Waals surface area contributed by atoms with E-state index in [9.17, 15) is 9.59 Å². The molecule has 2 amide bonds. The van der Waals surface area contributed by atoms with E-state index in [1.165, 1.54) is 22.2 Å². The van der Waals surface area contributed by atoms with E-state index in [2.05, 4.69) is 39.3 Å². The van der Waals surface area contributed by atoms with Gasteiger partial charge >= 0.3 is 0 Å². The number of thiazole rings is 1. The largest absolute Gasteiger partial charge is 0.349 e. The number of likely N-dealkylation sites (N-methyl/N-ethyl adjacent to an activating group) is 1. The molecule has 1 saturated carbocycles. The minimum Gasteiger partial charge on any atom is -0.349 e. The third-order valence-corrected chi connectivity index (χ3v) is 6.57. The van der Waals surface area contributed by atoms with Crippen LogP contribution in [0.2, 0.25) is 0 Å². The van der Waals surface area contributed by atoms with Crippen LogP contribution in [0.25, 0.3) is 10.9 Å². The summed E-state index contributed by atoms with van der Waals surface area (Å²) < 4.78 is 2.20. The van der Waals surface area contributed by atoms with E-state index < -0.39 is 0 Å². The summed E-state index contributed by atoms with van der Waals surface area (Å²) in [6.45, 7) is 1.48. The van der Waals surface area contributed by atoms with Gasteiger partial charge in [-0.3, -0.25) is 14.6 Å². The van der Waals surface area contributed by atoms with Crippen molar-refractivity contribution in [2.75, 3.05) is 13.6 Å². The molecule has 0 spiro atoms. The van der Waals surface area contributed by atoms with Crippen LogP contribution in [0.3, 0.4) is 0 Å². The van der Waals surface area contributed by atoms with Crippen LogP contribution in [0.5, 0.6) is 0 Å². The Bertz CT molecular complexity index is 974. The van der Waals surface area contributed by atoms with Gasteiger partial charge in [-0.15, -0.1) is 11.3 Å². The SMILES string of the molecule is CN(CCn1ccc2ccccc21)C(=O)C1CCC(NC(=O)c2cncs2)CC1. The first-order valence-corrected chi connectivity index (χ1v) is 11.0. The van der Waals surface area contributed by atoms with Crippen molar-refractivity contribution in [3.63, 3.8) is 0 Å². The second-order valence-corrected chi connectivity index (χ2v) is 8.60. The number of benzene rings is 1. The Kier molecular flexibility index (Phi) is 5.94. The molecule has 7 heteroatoms. The Morgan fingerprint density at radius 3 is 2.76 bits per heavy atom. The number of nitrogens with zero attached hydrogens (tertiary/aromatic N) is 3. The first kappa shape index (κ1) is 19.6. The molecule has 29 heavy (non-hydrogen) atoms. The van der Waals surface area contributed by atoms with Crippen LogP contribution in [0.1, 0.15) is 35.4 Å². The smallest absolute Gasteiger partial charge is 0.263 e. The second kappa shape index (κ2) is 8.78. The van der Waals surface area contributed by atoms with E-state index in [-0.39, 0.29) is 23.8 Å². The molecule has 1 fully saturated rings. The quantitative estimate of drug-likeness (QED) is 0.676. The molecule has 3 aromatic rings. The van der Waals surface area contributed by atoms with E-state index in [0.29, 0.717) is 11.4 Å². The van der Waals surface area contributed by atoms with E-state index in [1.54, 1.807) is 11.7 Å². The number of carbonyl (C=O) groups excluding carboxylic acids is 2. The highest BCUT2D eigenvalue weighted by Gasteiger charge is 2.29. The monoisotopic (exact) mass is 410 g/mol. The molecule has 0 aliphatic heterocycles. The minimum absolute atomic E-state index is 0.0537. The van der Waals surface area contributed by atoms with Crippen molar-refractivity contribution in [1.29, 1.82) is 0 Å². The lowest BCUT2D eigenvalue weighted by molar-refractivity contribution is -0.135. The fourth-order valence-electron chi connectivity index (χ4n) is 4.08. The molecule has 0 radical (unpaired) electrons. The van der Waals surface area contributed by atoms with Crippen molar-refractivity contribution >= 4 is 34.1 Å². The van der Waals surface area contributed by atoms with Crippen LogP contribution >= 0.6 is 11.3 Å². The molecule has 1 aliphatic rings. The molecular weight excluding hydrogens is 384 g/mol. The lowest BCUT2D eigenvalue weighted by Gasteiger charge is -2.31. The van der Waals surface area contributed by atoms with Gasteiger partial charge in [0, 0.05) is 43.8 Å². The number of hydrogen-bond acceptors (Lipinski definition) is 4. The Morgan fingerprint density at radius 2 is 2.00 bits per heavy atom. The van der Waals surface area contributed by atoms with Gasteiger partial charge in [-0.25, -0.2) is 0 Å². The number of hydrogen-bond donors (Lipinski definition) is 1. The Hall–Kier alpha value is -2.67. The molecule has 1 N–H and O–H groups in total. The van der Waals surface area contributed by atoms with Crippen molar-refractivity contribution in [2.45, 2.75) is 38.3 Å².